The Morgan fingerprint density at radius 1 is 1.38 bits per heavy atom. The summed E-state index contributed by atoms with van der Waals surface area (Å²) in [5.74, 6) is 0.299. The first kappa shape index (κ1) is 14.9. The van der Waals surface area contributed by atoms with Crippen molar-refractivity contribution in [2.24, 2.45) is 0 Å². The van der Waals surface area contributed by atoms with Gasteiger partial charge in [0.25, 0.3) is 0 Å². The smallest absolute Gasteiger partial charge is 0.336 e. The van der Waals surface area contributed by atoms with Crippen LogP contribution in [0, 0.1) is 6.92 Å². The third-order valence-electron chi connectivity index (χ3n) is 3.01. The molecule has 2 aromatic rings. The fourth-order valence-corrected chi connectivity index (χ4v) is 1.98. The molecule has 0 radical (unpaired) electrons. The van der Waals surface area contributed by atoms with Crippen molar-refractivity contribution in [3.8, 4) is 5.75 Å². The Kier molecular flexibility index (Phi) is 4.82. The van der Waals surface area contributed by atoms with E-state index in [1.165, 1.54) is 12.3 Å². The highest BCUT2D eigenvalue weighted by molar-refractivity contribution is 6.20. The van der Waals surface area contributed by atoms with Crippen molar-refractivity contribution in [2.75, 3.05) is 6.61 Å². The maximum absolute atomic E-state index is 11.5. The summed E-state index contributed by atoms with van der Waals surface area (Å²) in [5.41, 5.74) is 1.72. The van der Waals surface area contributed by atoms with Crippen LogP contribution in [0.2, 0.25) is 0 Å². The monoisotopic (exact) mass is 286 g/mol. The lowest BCUT2D eigenvalue weighted by Crippen LogP contribution is -2.01. The van der Waals surface area contributed by atoms with Gasteiger partial charge in [0.1, 0.15) is 11.5 Å². The lowest BCUT2D eigenvalue weighted by atomic mass is 10.0. The van der Waals surface area contributed by atoms with Crippen LogP contribution in [0.1, 0.15) is 30.2 Å². The predicted octanol–water partition coefficient (Wildman–Crippen LogP) is 4.00. The van der Waals surface area contributed by atoms with Crippen molar-refractivity contribution < 1.29 is 19.1 Å². The molecule has 4 nitrogen and oxygen atoms in total. The Morgan fingerprint density at radius 2 is 2.19 bits per heavy atom. The first-order valence-corrected chi connectivity index (χ1v) is 6.84. The molecule has 0 aliphatic carbocycles. The molecular formula is C17H18O4. The van der Waals surface area contributed by atoms with E-state index in [1.54, 1.807) is 24.3 Å². The van der Waals surface area contributed by atoms with E-state index in [-0.39, 0.29) is 5.57 Å². The number of carboxylic acids is 1. The third-order valence-corrected chi connectivity index (χ3v) is 3.01. The fourth-order valence-electron chi connectivity index (χ4n) is 1.98. The largest absolute Gasteiger partial charge is 0.493 e. The summed E-state index contributed by atoms with van der Waals surface area (Å²) in [5, 5.41) is 9.39. The lowest BCUT2D eigenvalue weighted by Gasteiger charge is -2.10. The van der Waals surface area contributed by atoms with E-state index in [0.29, 0.717) is 17.9 Å². The SMILES string of the molecule is CCCOc1ccc(/C(=C/c2ccco2)C(=O)O)cc1C. The first-order valence-electron chi connectivity index (χ1n) is 6.84. The zero-order valence-corrected chi connectivity index (χ0v) is 12.1. The molecule has 0 saturated carbocycles. The molecule has 1 heterocycles. The summed E-state index contributed by atoms with van der Waals surface area (Å²) in [6.45, 7) is 4.59. The number of carboxylic acid groups (broad SMARTS) is 1. The normalized spacial score (nSPS) is 11.4. The molecule has 21 heavy (non-hydrogen) atoms. The summed E-state index contributed by atoms with van der Waals surface area (Å²) in [6, 6.07) is 8.81. The number of hydrogen-bond donors (Lipinski definition) is 1. The van der Waals surface area contributed by atoms with Crippen LogP contribution in [0.25, 0.3) is 11.6 Å². The number of rotatable bonds is 6. The van der Waals surface area contributed by atoms with Crippen molar-refractivity contribution in [1.82, 2.24) is 0 Å². The van der Waals surface area contributed by atoms with E-state index in [0.717, 1.165) is 17.7 Å². The number of furan rings is 1. The second-order valence-electron chi connectivity index (χ2n) is 4.71. The topological polar surface area (TPSA) is 59.7 Å². The standard InChI is InChI=1S/C17H18O4/c1-3-8-21-16-7-6-13(10-12(16)2)15(17(18)19)11-14-5-4-9-20-14/h4-7,9-11H,3,8H2,1-2H3,(H,18,19)/b15-11-. The highest BCUT2D eigenvalue weighted by atomic mass is 16.5. The van der Waals surface area contributed by atoms with E-state index in [2.05, 4.69) is 0 Å². The highest BCUT2D eigenvalue weighted by Gasteiger charge is 2.13. The van der Waals surface area contributed by atoms with Gasteiger partial charge in [-0.15, -0.1) is 0 Å². The minimum atomic E-state index is -0.993. The highest BCUT2D eigenvalue weighted by Crippen LogP contribution is 2.25. The quantitative estimate of drug-likeness (QED) is 0.815. The van der Waals surface area contributed by atoms with Gasteiger partial charge in [0.05, 0.1) is 18.4 Å². The van der Waals surface area contributed by atoms with Gasteiger partial charge in [-0.1, -0.05) is 13.0 Å². The molecule has 0 aliphatic rings. The second kappa shape index (κ2) is 6.79. The Hall–Kier alpha value is -2.49. The number of benzene rings is 1. The van der Waals surface area contributed by atoms with Crippen LogP contribution >= 0.6 is 0 Å². The molecule has 0 amide bonds. The molecule has 110 valence electrons. The van der Waals surface area contributed by atoms with Gasteiger partial charge in [0.15, 0.2) is 0 Å². The van der Waals surface area contributed by atoms with Crippen molar-refractivity contribution in [3.05, 3.63) is 53.5 Å². The lowest BCUT2D eigenvalue weighted by molar-refractivity contribution is -0.130. The van der Waals surface area contributed by atoms with Gasteiger partial charge in [0.2, 0.25) is 0 Å². The molecule has 0 atom stereocenters. The van der Waals surface area contributed by atoms with Crippen LogP contribution in [0.15, 0.2) is 41.0 Å². The number of aliphatic carboxylic acids is 1. The molecule has 2 rings (SSSR count). The van der Waals surface area contributed by atoms with E-state index in [1.807, 2.05) is 19.9 Å². The number of aryl methyl sites for hydroxylation is 1. The van der Waals surface area contributed by atoms with E-state index in [9.17, 15) is 9.90 Å². The van der Waals surface area contributed by atoms with Gasteiger partial charge < -0.3 is 14.3 Å². The van der Waals surface area contributed by atoms with Crippen LogP contribution in [0.5, 0.6) is 5.75 Å². The number of carbonyl (C=O) groups is 1. The molecule has 0 bridgehead atoms. The van der Waals surface area contributed by atoms with Gasteiger partial charge in [-0.2, -0.15) is 0 Å². The van der Waals surface area contributed by atoms with Crippen molar-refractivity contribution >= 4 is 17.6 Å². The van der Waals surface area contributed by atoms with Crippen molar-refractivity contribution in [2.45, 2.75) is 20.3 Å². The van der Waals surface area contributed by atoms with Gasteiger partial charge >= 0.3 is 5.97 Å². The van der Waals surface area contributed by atoms with Gasteiger partial charge in [-0.25, -0.2) is 4.79 Å². The number of ether oxygens (including phenoxy) is 1. The summed E-state index contributed by atoms with van der Waals surface area (Å²) in [4.78, 5) is 11.5. The zero-order chi connectivity index (χ0) is 15.2. The van der Waals surface area contributed by atoms with E-state index in [4.69, 9.17) is 9.15 Å². The Balaban J connectivity index is 2.34. The van der Waals surface area contributed by atoms with Gasteiger partial charge in [-0.05, 0) is 54.8 Å². The Bertz CT molecular complexity index is 639. The van der Waals surface area contributed by atoms with Crippen molar-refractivity contribution in [3.63, 3.8) is 0 Å². The van der Waals surface area contributed by atoms with Gasteiger partial charge in [0, 0.05) is 0 Å². The van der Waals surface area contributed by atoms with Crippen LogP contribution in [-0.2, 0) is 4.79 Å². The van der Waals surface area contributed by atoms with Crippen LogP contribution in [0.4, 0.5) is 0 Å². The second-order valence-corrected chi connectivity index (χ2v) is 4.71. The van der Waals surface area contributed by atoms with Crippen LogP contribution in [-0.4, -0.2) is 17.7 Å². The summed E-state index contributed by atoms with van der Waals surface area (Å²) < 4.78 is 10.8. The van der Waals surface area contributed by atoms with Crippen LogP contribution in [0.3, 0.4) is 0 Å². The zero-order valence-electron chi connectivity index (χ0n) is 12.1. The molecule has 0 aliphatic heterocycles. The molecule has 0 spiro atoms. The Labute approximate surface area is 123 Å². The van der Waals surface area contributed by atoms with E-state index < -0.39 is 5.97 Å². The van der Waals surface area contributed by atoms with E-state index >= 15 is 0 Å². The maximum Gasteiger partial charge on any atom is 0.336 e. The summed E-state index contributed by atoms with van der Waals surface area (Å²) in [7, 11) is 0. The molecule has 1 aromatic heterocycles. The first-order chi connectivity index (χ1) is 10.1. The molecular weight excluding hydrogens is 268 g/mol. The molecule has 4 heteroatoms. The summed E-state index contributed by atoms with van der Waals surface area (Å²) >= 11 is 0. The minimum Gasteiger partial charge on any atom is -0.493 e. The Morgan fingerprint density at radius 3 is 2.76 bits per heavy atom. The molecule has 1 N–H and O–H groups in total. The number of hydrogen-bond acceptors (Lipinski definition) is 3. The van der Waals surface area contributed by atoms with Crippen molar-refractivity contribution in [1.29, 1.82) is 0 Å². The molecule has 0 saturated heterocycles. The van der Waals surface area contributed by atoms with Crippen LogP contribution < -0.4 is 4.74 Å². The van der Waals surface area contributed by atoms with Gasteiger partial charge in [-0.3, -0.25) is 0 Å². The molecule has 0 unspecified atom stereocenters. The minimum absolute atomic E-state index is 0.190. The maximum atomic E-state index is 11.5. The molecule has 0 fully saturated rings. The third kappa shape index (κ3) is 3.75. The average molecular weight is 286 g/mol. The summed E-state index contributed by atoms with van der Waals surface area (Å²) in [6.07, 6.45) is 3.96. The predicted molar refractivity (Wildman–Crippen MR) is 81.2 cm³/mol. The molecule has 1 aromatic carbocycles. The fraction of sp³-hybridized carbons (Fsp3) is 0.235. The average Bonchev–Trinajstić information content (AvgIpc) is 2.96.